The Balaban J connectivity index is 2.12. The zero-order valence-corrected chi connectivity index (χ0v) is 17.9. The van der Waals surface area contributed by atoms with Crippen molar-refractivity contribution in [1.29, 1.82) is 0 Å². The molecule has 7 nitrogen and oxygen atoms in total. The molecule has 1 amide bonds. The fraction of sp³-hybridized carbons (Fsp3) is 0.600. The molecule has 1 aliphatic carbocycles. The van der Waals surface area contributed by atoms with Crippen LogP contribution >= 0.6 is 0 Å². The standard InChI is InChI=1S/C20H29N3O4S/c1-18(2,3)27-17(24)22-16-19(4,5)28(25,26)12-20(23-16)10-6-7-13-8-9-14(21)11-15(13)20/h8-9,11H,6-7,10,12,21H2,1-5H3,(H,22,23,24)/t20-/m0/s1. The topological polar surface area (TPSA) is 111 Å². The molecule has 154 valence electrons. The number of hydrogen-bond donors (Lipinski definition) is 2. The van der Waals surface area contributed by atoms with E-state index in [0.29, 0.717) is 12.1 Å². The molecular formula is C20H29N3O4S. The Hall–Kier alpha value is -2.09. The van der Waals surface area contributed by atoms with Gasteiger partial charge in [0.2, 0.25) is 0 Å². The summed E-state index contributed by atoms with van der Waals surface area (Å²) in [6, 6.07) is 5.58. The number of hydrogen-bond acceptors (Lipinski definition) is 6. The first-order chi connectivity index (χ1) is 12.8. The molecule has 0 radical (unpaired) electrons. The van der Waals surface area contributed by atoms with Crippen molar-refractivity contribution in [2.24, 2.45) is 4.99 Å². The first-order valence-corrected chi connectivity index (χ1v) is 11.1. The molecule has 3 rings (SSSR count). The SMILES string of the molecule is CC(C)(C)OC(=O)NC1=N[C@@]2(CCCc3ccc(N)cc32)CS(=O)(=O)C1(C)C. The number of fused-ring (bicyclic) bond motifs is 2. The number of amidine groups is 1. The van der Waals surface area contributed by atoms with Gasteiger partial charge in [-0.2, -0.15) is 0 Å². The number of ether oxygens (including phenoxy) is 1. The molecule has 0 aromatic heterocycles. The number of alkyl carbamates (subject to hydrolysis) is 1. The van der Waals surface area contributed by atoms with Crippen LogP contribution in [0.1, 0.15) is 58.6 Å². The summed E-state index contributed by atoms with van der Waals surface area (Å²) in [6.07, 6.45) is 1.54. The summed E-state index contributed by atoms with van der Waals surface area (Å²) in [5, 5.41) is 2.62. The van der Waals surface area contributed by atoms with Gasteiger partial charge in [-0.25, -0.2) is 13.2 Å². The monoisotopic (exact) mass is 407 g/mol. The van der Waals surface area contributed by atoms with Crippen molar-refractivity contribution in [3.8, 4) is 0 Å². The molecule has 3 N–H and O–H groups in total. The number of amides is 1. The highest BCUT2D eigenvalue weighted by Gasteiger charge is 2.53. The van der Waals surface area contributed by atoms with E-state index >= 15 is 0 Å². The predicted molar refractivity (Wildman–Crippen MR) is 110 cm³/mol. The van der Waals surface area contributed by atoms with Crippen LogP contribution in [0.5, 0.6) is 0 Å². The van der Waals surface area contributed by atoms with Gasteiger partial charge in [0.1, 0.15) is 21.7 Å². The number of sulfone groups is 1. The first kappa shape index (κ1) is 20.6. The quantitative estimate of drug-likeness (QED) is 0.642. The van der Waals surface area contributed by atoms with Crippen molar-refractivity contribution >= 4 is 27.5 Å². The van der Waals surface area contributed by atoms with Crippen molar-refractivity contribution in [3.05, 3.63) is 29.3 Å². The highest BCUT2D eigenvalue weighted by atomic mass is 32.2. The van der Waals surface area contributed by atoms with Gasteiger partial charge >= 0.3 is 6.09 Å². The second-order valence-electron chi connectivity index (χ2n) is 9.16. The molecule has 0 bridgehead atoms. The predicted octanol–water partition coefficient (Wildman–Crippen LogP) is 2.93. The van der Waals surface area contributed by atoms with Gasteiger partial charge in [-0.1, -0.05) is 6.07 Å². The fourth-order valence-corrected chi connectivity index (χ4v) is 5.56. The summed E-state index contributed by atoms with van der Waals surface area (Å²) in [6.45, 7) is 8.37. The van der Waals surface area contributed by atoms with E-state index in [9.17, 15) is 13.2 Å². The number of carbonyl (C=O) groups excluding carboxylic acids is 1. The van der Waals surface area contributed by atoms with Gasteiger partial charge in [0.25, 0.3) is 0 Å². The van der Waals surface area contributed by atoms with E-state index in [0.717, 1.165) is 24.0 Å². The van der Waals surface area contributed by atoms with Crippen molar-refractivity contribution < 1.29 is 17.9 Å². The third kappa shape index (κ3) is 3.62. The fourth-order valence-electron chi connectivity index (χ4n) is 3.82. The summed E-state index contributed by atoms with van der Waals surface area (Å²) >= 11 is 0. The van der Waals surface area contributed by atoms with Crippen LogP contribution in [0, 0.1) is 0 Å². The minimum Gasteiger partial charge on any atom is -0.444 e. The van der Waals surface area contributed by atoms with E-state index in [1.807, 2.05) is 18.2 Å². The van der Waals surface area contributed by atoms with Gasteiger partial charge in [0.15, 0.2) is 9.84 Å². The Kier molecular flexibility index (Phi) is 4.77. The molecule has 0 unspecified atom stereocenters. The summed E-state index contributed by atoms with van der Waals surface area (Å²) in [5.74, 6) is 0.00596. The number of aliphatic imine (C=N–C) groups is 1. The molecule has 1 heterocycles. The first-order valence-electron chi connectivity index (χ1n) is 9.47. The van der Waals surface area contributed by atoms with E-state index in [1.54, 1.807) is 34.6 Å². The third-order valence-electron chi connectivity index (χ3n) is 5.39. The van der Waals surface area contributed by atoms with Gasteiger partial charge in [-0.3, -0.25) is 10.3 Å². The number of rotatable bonds is 0. The molecule has 0 saturated carbocycles. The number of nitrogens with zero attached hydrogens (tertiary/aromatic N) is 1. The number of nitrogens with two attached hydrogens (primary N) is 1. The average Bonchev–Trinajstić information content (AvgIpc) is 2.51. The van der Waals surface area contributed by atoms with Crippen molar-refractivity contribution in [2.45, 2.75) is 69.8 Å². The maximum Gasteiger partial charge on any atom is 0.413 e. The molecule has 0 fully saturated rings. The Morgan fingerprint density at radius 2 is 1.96 bits per heavy atom. The highest BCUT2D eigenvalue weighted by molar-refractivity contribution is 7.93. The Labute approximate surface area is 166 Å². The minimum absolute atomic E-state index is 0.108. The highest BCUT2D eigenvalue weighted by Crippen LogP contribution is 2.45. The van der Waals surface area contributed by atoms with Crippen LogP contribution < -0.4 is 11.1 Å². The lowest BCUT2D eigenvalue weighted by Crippen LogP contribution is -2.58. The van der Waals surface area contributed by atoms with Crippen LogP contribution in [0.4, 0.5) is 10.5 Å². The van der Waals surface area contributed by atoms with Crippen molar-refractivity contribution in [1.82, 2.24) is 5.32 Å². The van der Waals surface area contributed by atoms with E-state index < -0.39 is 31.8 Å². The lowest BCUT2D eigenvalue weighted by atomic mass is 9.77. The minimum atomic E-state index is -3.60. The summed E-state index contributed by atoms with van der Waals surface area (Å²) in [7, 11) is -3.60. The normalized spacial score (nSPS) is 25.5. The number of anilines is 1. The molecule has 1 aliphatic heterocycles. The van der Waals surface area contributed by atoms with E-state index in [2.05, 4.69) is 5.32 Å². The number of aryl methyl sites for hydroxylation is 1. The third-order valence-corrected chi connectivity index (χ3v) is 8.00. The van der Waals surface area contributed by atoms with Crippen LogP contribution in [0.25, 0.3) is 0 Å². The maximum absolute atomic E-state index is 13.2. The smallest absolute Gasteiger partial charge is 0.413 e. The van der Waals surface area contributed by atoms with E-state index in [-0.39, 0.29) is 11.6 Å². The molecule has 1 spiro atoms. The Bertz CT molecular complexity index is 945. The van der Waals surface area contributed by atoms with Crippen LogP contribution in [0.2, 0.25) is 0 Å². The molecule has 28 heavy (non-hydrogen) atoms. The Morgan fingerprint density at radius 1 is 1.29 bits per heavy atom. The number of carbonyl (C=O) groups is 1. The summed E-state index contributed by atoms with van der Waals surface area (Å²) in [4.78, 5) is 17.2. The molecular weight excluding hydrogens is 378 g/mol. The van der Waals surface area contributed by atoms with Gasteiger partial charge in [-0.05, 0) is 77.1 Å². The molecule has 2 aliphatic rings. The number of nitrogens with one attached hydrogen (secondary N) is 1. The second kappa shape index (κ2) is 6.47. The second-order valence-corrected chi connectivity index (χ2v) is 11.7. The van der Waals surface area contributed by atoms with Crippen LogP contribution in [-0.2, 0) is 26.5 Å². The van der Waals surface area contributed by atoms with Gasteiger partial charge in [0.05, 0.1) is 5.75 Å². The summed E-state index contributed by atoms with van der Waals surface area (Å²) < 4.78 is 30.5. The lowest BCUT2D eigenvalue weighted by Gasteiger charge is -2.43. The van der Waals surface area contributed by atoms with Crippen LogP contribution in [0.3, 0.4) is 0 Å². The average molecular weight is 408 g/mol. The number of benzene rings is 1. The summed E-state index contributed by atoms with van der Waals surface area (Å²) in [5.41, 5.74) is 6.80. The van der Waals surface area contributed by atoms with Gasteiger partial charge < -0.3 is 10.5 Å². The van der Waals surface area contributed by atoms with Crippen LogP contribution in [0.15, 0.2) is 23.2 Å². The largest absolute Gasteiger partial charge is 0.444 e. The molecule has 0 saturated heterocycles. The molecule has 1 aromatic rings. The molecule has 8 heteroatoms. The zero-order valence-electron chi connectivity index (χ0n) is 17.1. The number of nitrogen functional groups attached to an aromatic ring is 1. The van der Waals surface area contributed by atoms with Gasteiger partial charge in [0, 0.05) is 5.69 Å². The van der Waals surface area contributed by atoms with E-state index in [4.69, 9.17) is 15.5 Å². The van der Waals surface area contributed by atoms with Crippen LogP contribution in [-0.4, -0.2) is 36.4 Å². The lowest BCUT2D eigenvalue weighted by molar-refractivity contribution is 0.0560. The van der Waals surface area contributed by atoms with Crippen molar-refractivity contribution in [2.75, 3.05) is 11.5 Å². The zero-order chi connectivity index (χ0) is 21.0. The molecule has 1 atom stereocenters. The maximum atomic E-state index is 13.2. The Morgan fingerprint density at radius 3 is 2.61 bits per heavy atom. The molecule has 1 aromatic carbocycles. The van der Waals surface area contributed by atoms with E-state index in [1.165, 1.54) is 0 Å². The van der Waals surface area contributed by atoms with Gasteiger partial charge in [-0.15, -0.1) is 0 Å². The van der Waals surface area contributed by atoms with Crippen molar-refractivity contribution in [3.63, 3.8) is 0 Å².